The van der Waals surface area contributed by atoms with Gasteiger partial charge in [-0.3, -0.25) is 0 Å². The minimum atomic E-state index is -1.49. The van der Waals surface area contributed by atoms with Gasteiger partial charge in [0.25, 0.3) is 0 Å². The van der Waals surface area contributed by atoms with E-state index in [0.29, 0.717) is 5.56 Å². The predicted octanol–water partition coefficient (Wildman–Crippen LogP) is 0.496. The van der Waals surface area contributed by atoms with Gasteiger partial charge in [-0.2, -0.15) is 0 Å². The molecule has 1 aromatic rings. The van der Waals surface area contributed by atoms with Crippen LogP contribution in [0, 0.1) is 0 Å². The summed E-state index contributed by atoms with van der Waals surface area (Å²) in [4.78, 5) is 10.7. The molecule has 1 rings (SSSR count). The Labute approximate surface area is 93.1 Å². The number of rotatable bonds is 4. The van der Waals surface area contributed by atoms with E-state index in [4.69, 9.17) is 15.2 Å². The molecule has 1 atom stereocenters. The van der Waals surface area contributed by atoms with Gasteiger partial charge in [0.2, 0.25) is 0 Å². The number of carboxylic acids is 1. The molecule has 0 bridgehead atoms. The van der Waals surface area contributed by atoms with Gasteiger partial charge in [-0.15, -0.1) is 0 Å². The molecule has 0 heterocycles. The number of benzene rings is 1. The molecular formula is C10H13BO5. The average molecular weight is 224 g/mol. The molecule has 1 unspecified atom stereocenters. The Kier molecular flexibility index (Phi) is 3.92. The molecular weight excluding hydrogens is 211 g/mol. The van der Waals surface area contributed by atoms with Crippen LogP contribution in [-0.4, -0.2) is 33.3 Å². The minimum Gasteiger partial charge on any atom is -0.507 e. The topological polar surface area (TPSA) is 98.0 Å². The Morgan fingerprint density at radius 3 is 2.56 bits per heavy atom. The van der Waals surface area contributed by atoms with Gasteiger partial charge >= 0.3 is 13.1 Å². The first-order chi connectivity index (χ1) is 7.43. The number of hydrogen-bond donors (Lipinski definition) is 4. The van der Waals surface area contributed by atoms with Gasteiger partial charge in [0, 0.05) is 0 Å². The molecule has 4 N–H and O–H groups in total. The Morgan fingerprint density at radius 1 is 1.44 bits per heavy atom. The molecule has 0 aliphatic rings. The molecule has 16 heavy (non-hydrogen) atoms. The van der Waals surface area contributed by atoms with Gasteiger partial charge in [-0.05, 0) is 23.9 Å². The number of carboxylic acid groups (broad SMARTS) is 1. The van der Waals surface area contributed by atoms with E-state index < -0.39 is 18.9 Å². The number of carbonyl (C=O) groups is 1. The highest BCUT2D eigenvalue weighted by molar-refractivity contribution is 6.43. The van der Waals surface area contributed by atoms with Crippen molar-refractivity contribution in [2.75, 3.05) is 0 Å². The maximum atomic E-state index is 10.7. The summed E-state index contributed by atoms with van der Waals surface area (Å²) in [5.41, 5.74) is 0.206. The molecule has 5 nitrogen and oxygen atoms in total. The first-order valence-electron chi connectivity index (χ1n) is 4.83. The fourth-order valence-electron chi connectivity index (χ4n) is 1.38. The van der Waals surface area contributed by atoms with Crippen molar-refractivity contribution in [3.05, 3.63) is 29.3 Å². The van der Waals surface area contributed by atoms with Crippen LogP contribution in [0.1, 0.15) is 22.8 Å². The van der Waals surface area contributed by atoms with Gasteiger partial charge in [0.05, 0.1) is 0 Å². The van der Waals surface area contributed by atoms with E-state index in [2.05, 4.69) is 0 Å². The van der Waals surface area contributed by atoms with Crippen LogP contribution in [0.2, 0.25) is 5.82 Å². The third-order valence-corrected chi connectivity index (χ3v) is 2.40. The third-order valence-electron chi connectivity index (χ3n) is 2.40. The standard InChI is InChI=1S/C10H13BO5/c1-6(11(15)16)5-7-3-2-4-8(9(7)12)10(13)14/h2-4,6,12,15-16H,5H2,1H3,(H,13,14). The van der Waals surface area contributed by atoms with Gasteiger partial charge in [0.15, 0.2) is 0 Å². The second kappa shape index (κ2) is 5.00. The highest BCUT2D eigenvalue weighted by atomic mass is 16.4. The normalized spacial score (nSPS) is 12.2. The summed E-state index contributed by atoms with van der Waals surface area (Å²) >= 11 is 0. The van der Waals surface area contributed by atoms with E-state index in [0.717, 1.165) is 0 Å². The molecule has 0 radical (unpaired) electrons. The van der Waals surface area contributed by atoms with E-state index in [-0.39, 0.29) is 17.7 Å². The number of aromatic hydroxyl groups is 1. The minimum absolute atomic E-state index is 0.183. The molecule has 0 saturated heterocycles. The predicted molar refractivity (Wildman–Crippen MR) is 58.4 cm³/mol. The first kappa shape index (κ1) is 12.5. The van der Waals surface area contributed by atoms with E-state index in [9.17, 15) is 9.90 Å². The van der Waals surface area contributed by atoms with Crippen LogP contribution in [0.4, 0.5) is 0 Å². The summed E-state index contributed by atoms with van der Waals surface area (Å²) in [5, 5.41) is 36.2. The van der Waals surface area contributed by atoms with Crippen LogP contribution in [-0.2, 0) is 6.42 Å². The quantitative estimate of drug-likeness (QED) is 0.558. The fourth-order valence-corrected chi connectivity index (χ4v) is 1.38. The lowest BCUT2D eigenvalue weighted by molar-refractivity contribution is 0.0693. The lowest BCUT2D eigenvalue weighted by atomic mass is 9.71. The largest absolute Gasteiger partial charge is 0.507 e. The molecule has 6 heteroatoms. The van der Waals surface area contributed by atoms with Crippen LogP contribution in [0.15, 0.2) is 18.2 Å². The van der Waals surface area contributed by atoms with E-state index in [1.807, 2.05) is 0 Å². The number of aromatic carboxylic acids is 1. The molecule has 0 aliphatic heterocycles. The summed E-state index contributed by atoms with van der Waals surface area (Å²) in [6, 6.07) is 4.36. The summed E-state index contributed by atoms with van der Waals surface area (Å²) in [7, 11) is -1.49. The maximum Gasteiger partial charge on any atom is 0.454 e. The SMILES string of the molecule is CC(Cc1cccc(C(=O)O)c1O)B(O)O. The van der Waals surface area contributed by atoms with Crippen molar-refractivity contribution < 1.29 is 25.1 Å². The zero-order chi connectivity index (χ0) is 12.3. The number of hydrogen-bond acceptors (Lipinski definition) is 4. The lowest BCUT2D eigenvalue weighted by Crippen LogP contribution is -2.19. The van der Waals surface area contributed by atoms with Crippen LogP contribution < -0.4 is 0 Å². The molecule has 0 fully saturated rings. The van der Waals surface area contributed by atoms with Crippen LogP contribution in [0.3, 0.4) is 0 Å². The van der Waals surface area contributed by atoms with Gasteiger partial charge in [-0.1, -0.05) is 19.1 Å². The molecule has 0 aliphatic carbocycles. The van der Waals surface area contributed by atoms with E-state index >= 15 is 0 Å². The van der Waals surface area contributed by atoms with Gasteiger partial charge in [0.1, 0.15) is 11.3 Å². The second-order valence-electron chi connectivity index (χ2n) is 3.71. The van der Waals surface area contributed by atoms with Crippen LogP contribution >= 0.6 is 0 Å². The monoisotopic (exact) mass is 224 g/mol. The molecule has 0 saturated carbocycles. The maximum absolute atomic E-state index is 10.7. The van der Waals surface area contributed by atoms with Crippen LogP contribution in [0.25, 0.3) is 0 Å². The fraction of sp³-hybridized carbons (Fsp3) is 0.300. The van der Waals surface area contributed by atoms with Crippen molar-refractivity contribution in [3.8, 4) is 5.75 Å². The smallest absolute Gasteiger partial charge is 0.454 e. The first-order valence-corrected chi connectivity index (χ1v) is 4.83. The summed E-state index contributed by atoms with van der Waals surface area (Å²) < 4.78 is 0. The van der Waals surface area contributed by atoms with Crippen molar-refractivity contribution in [2.24, 2.45) is 0 Å². The number of phenols is 1. The Bertz CT molecular complexity index is 391. The van der Waals surface area contributed by atoms with E-state index in [1.54, 1.807) is 13.0 Å². The molecule has 0 amide bonds. The highest BCUT2D eigenvalue weighted by Gasteiger charge is 2.21. The summed E-state index contributed by atoms with van der Waals surface area (Å²) in [6.07, 6.45) is 0.199. The van der Waals surface area contributed by atoms with Crippen molar-refractivity contribution >= 4 is 13.1 Å². The summed E-state index contributed by atoms with van der Waals surface area (Å²) in [5.74, 6) is -2.01. The highest BCUT2D eigenvalue weighted by Crippen LogP contribution is 2.26. The Hall–Kier alpha value is -1.53. The molecule has 0 spiro atoms. The molecule has 0 aromatic heterocycles. The van der Waals surface area contributed by atoms with Gasteiger partial charge < -0.3 is 20.3 Å². The molecule has 86 valence electrons. The van der Waals surface area contributed by atoms with Crippen molar-refractivity contribution in [1.82, 2.24) is 0 Å². The Morgan fingerprint density at radius 2 is 2.06 bits per heavy atom. The van der Waals surface area contributed by atoms with Crippen molar-refractivity contribution in [3.63, 3.8) is 0 Å². The number of para-hydroxylation sites is 1. The third kappa shape index (κ3) is 2.74. The van der Waals surface area contributed by atoms with Gasteiger partial charge in [-0.25, -0.2) is 4.79 Å². The lowest BCUT2D eigenvalue weighted by Gasteiger charge is -2.12. The average Bonchev–Trinajstić information content (AvgIpc) is 2.20. The molecule has 1 aromatic carbocycles. The van der Waals surface area contributed by atoms with Crippen LogP contribution in [0.5, 0.6) is 5.75 Å². The van der Waals surface area contributed by atoms with E-state index in [1.165, 1.54) is 12.1 Å². The Balaban J connectivity index is 2.98. The zero-order valence-electron chi connectivity index (χ0n) is 8.79. The second-order valence-corrected chi connectivity index (χ2v) is 3.71. The zero-order valence-corrected chi connectivity index (χ0v) is 8.79. The van der Waals surface area contributed by atoms with Crippen molar-refractivity contribution in [1.29, 1.82) is 0 Å². The van der Waals surface area contributed by atoms with Crippen molar-refractivity contribution in [2.45, 2.75) is 19.2 Å². The summed E-state index contributed by atoms with van der Waals surface area (Å²) in [6.45, 7) is 1.59.